The van der Waals surface area contributed by atoms with Crippen molar-refractivity contribution >= 4 is 10.9 Å². The lowest BCUT2D eigenvalue weighted by Crippen LogP contribution is -2.20. The standard InChI is InChI=1S/C12H14FN3O/c1-7-6-17-12-8(13)2-3-9-10(12)11(7)16(15-9)5-4-14/h2-3,7H,4-6,14H2,1H3/t7-/m1/s1. The second kappa shape index (κ2) is 3.70. The Kier molecular flexibility index (Phi) is 2.29. The summed E-state index contributed by atoms with van der Waals surface area (Å²) in [5.41, 5.74) is 7.38. The van der Waals surface area contributed by atoms with Crippen LogP contribution in [-0.2, 0) is 6.54 Å². The molecule has 0 bridgehead atoms. The van der Waals surface area contributed by atoms with Gasteiger partial charge >= 0.3 is 0 Å². The molecule has 2 heterocycles. The maximum Gasteiger partial charge on any atom is 0.166 e. The minimum absolute atomic E-state index is 0.209. The molecule has 90 valence electrons. The molecule has 0 spiro atoms. The van der Waals surface area contributed by atoms with Crippen LogP contribution in [0.5, 0.6) is 5.75 Å². The Morgan fingerprint density at radius 3 is 3.18 bits per heavy atom. The summed E-state index contributed by atoms with van der Waals surface area (Å²) in [6, 6.07) is 3.09. The van der Waals surface area contributed by atoms with Gasteiger partial charge in [0, 0.05) is 12.5 Å². The molecule has 0 saturated carbocycles. The Balaban J connectivity index is 2.34. The van der Waals surface area contributed by atoms with Gasteiger partial charge in [0.2, 0.25) is 0 Å². The summed E-state index contributed by atoms with van der Waals surface area (Å²) in [7, 11) is 0. The van der Waals surface area contributed by atoms with Gasteiger partial charge in [-0.3, -0.25) is 4.68 Å². The van der Waals surface area contributed by atoms with Gasteiger partial charge in [-0.15, -0.1) is 0 Å². The van der Waals surface area contributed by atoms with E-state index in [2.05, 4.69) is 12.0 Å². The topological polar surface area (TPSA) is 53.1 Å². The molecular weight excluding hydrogens is 221 g/mol. The van der Waals surface area contributed by atoms with Gasteiger partial charge in [-0.25, -0.2) is 4.39 Å². The van der Waals surface area contributed by atoms with E-state index < -0.39 is 0 Å². The molecule has 1 atom stereocenters. The molecule has 17 heavy (non-hydrogen) atoms. The van der Waals surface area contributed by atoms with Crippen molar-refractivity contribution in [2.24, 2.45) is 5.73 Å². The summed E-state index contributed by atoms with van der Waals surface area (Å²) >= 11 is 0. The van der Waals surface area contributed by atoms with E-state index in [0.29, 0.717) is 25.4 Å². The van der Waals surface area contributed by atoms with Crippen LogP contribution in [0.2, 0.25) is 0 Å². The molecule has 1 aromatic heterocycles. The number of ether oxygens (including phenoxy) is 1. The van der Waals surface area contributed by atoms with Crippen molar-refractivity contribution < 1.29 is 9.13 Å². The molecule has 2 aromatic rings. The molecule has 1 aliphatic rings. The predicted molar refractivity (Wildman–Crippen MR) is 62.7 cm³/mol. The van der Waals surface area contributed by atoms with E-state index in [1.165, 1.54) is 6.07 Å². The van der Waals surface area contributed by atoms with Crippen LogP contribution < -0.4 is 10.5 Å². The molecule has 0 fully saturated rings. The summed E-state index contributed by atoms with van der Waals surface area (Å²) in [4.78, 5) is 0. The van der Waals surface area contributed by atoms with Gasteiger partial charge in [0.05, 0.1) is 29.7 Å². The van der Waals surface area contributed by atoms with Crippen LogP contribution in [0.25, 0.3) is 10.9 Å². The Hall–Kier alpha value is -1.62. The highest BCUT2D eigenvalue weighted by molar-refractivity contribution is 5.89. The average Bonchev–Trinajstić information content (AvgIpc) is 2.67. The van der Waals surface area contributed by atoms with Gasteiger partial charge in [-0.05, 0) is 12.1 Å². The van der Waals surface area contributed by atoms with E-state index in [-0.39, 0.29) is 11.7 Å². The predicted octanol–water partition coefficient (Wildman–Crippen LogP) is 1.63. The van der Waals surface area contributed by atoms with Crippen molar-refractivity contribution in [1.82, 2.24) is 9.78 Å². The largest absolute Gasteiger partial charge is 0.489 e. The molecule has 0 saturated heterocycles. The molecule has 2 N–H and O–H groups in total. The molecule has 0 radical (unpaired) electrons. The van der Waals surface area contributed by atoms with Crippen LogP contribution in [0, 0.1) is 5.82 Å². The zero-order chi connectivity index (χ0) is 12.0. The maximum absolute atomic E-state index is 13.7. The third kappa shape index (κ3) is 1.42. The van der Waals surface area contributed by atoms with Crippen LogP contribution in [0.4, 0.5) is 4.39 Å². The molecule has 0 unspecified atom stereocenters. The minimum atomic E-state index is -0.321. The summed E-state index contributed by atoms with van der Waals surface area (Å²) in [6.07, 6.45) is 0. The molecule has 1 aliphatic heterocycles. The zero-order valence-electron chi connectivity index (χ0n) is 9.61. The molecule has 0 aliphatic carbocycles. The SMILES string of the molecule is C[C@@H]1COc2c(F)ccc3nn(CCN)c1c23. The van der Waals surface area contributed by atoms with Gasteiger partial charge in [-0.2, -0.15) is 5.10 Å². The average molecular weight is 235 g/mol. The first kappa shape index (κ1) is 10.5. The van der Waals surface area contributed by atoms with Gasteiger partial charge in [0.25, 0.3) is 0 Å². The first-order chi connectivity index (χ1) is 8.22. The van der Waals surface area contributed by atoms with E-state index in [4.69, 9.17) is 10.5 Å². The van der Waals surface area contributed by atoms with Crippen LogP contribution >= 0.6 is 0 Å². The lowest BCUT2D eigenvalue weighted by Gasteiger charge is -2.21. The lowest BCUT2D eigenvalue weighted by atomic mass is 10.0. The smallest absolute Gasteiger partial charge is 0.166 e. The van der Waals surface area contributed by atoms with Gasteiger partial charge in [0.15, 0.2) is 11.6 Å². The number of nitrogens with two attached hydrogens (primary N) is 1. The molecule has 3 rings (SSSR count). The highest BCUT2D eigenvalue weighted by atomic mass is 19.1. The zero-order valence-corrected chi connectivity index (χ0v) is 9.61. The van der Waals surface area contributed by atoms with Crippen LogP contribution in [0.1, 0.15) is 18.5 Å². The highest BCUT2D eigenvalue weighted by Gasteiger charge is 2.27. The van der Waals surface area contributed by atoms with E-state index in [0.717, 1.165) is 16.6 Å². The fraction of sp³-hybridized carbons (Fsp3) is 0.417. The fourth-order valence-electron chi connectivity index (χ4n) is 2.41. The van der Waals surface area contributed by atoms with Gasteiger partial charge in [0.1, 0.15) is 0 Å². The van der Waals surface area contributed by atoms with Gasteiger partial charge in [-0.1, -0.05) is 6.92 Å². The van der Waals surface area contributed by atoms with Gasteiger partial charge < -0.3 is 10.5 Å². The highest BCUT2D eigenvalue weighted by Crippen LogP contribution is 2.39. The van der Waals surface area contributed by atoms with Crippen molar-refractivity contribution in [3.63, 3.8) is 0 Å². The number of halogens is 1. The molecular formula is C12H14FN3O. The number of hydrogen-bond donors (Lipinski definition) is 1. The Morgan fingerprint density at radius 1 is 1.59 bits per heavy atom. The number of nitrogens with zero attached hydrogens (tertiary/aromatic N) is 2. The normalized spacial score (nSPS) is 18.4. The van der Waals surface area contributed by atoms with Crippen molar-refractivity contribution in [1.29, 1.82) is 0 Å². The van der Waals surface area contributed by atoms with E-state index in [1.807, 2.05) is 4.68 Å². The molecule has 1 aromatic carbocycles. The van der Waals surface area contributed by atoms with Crippen molar-refractivity contribution in [2.45, 2.75) is 19.4 Å². The summed E-state index contributed by atoms with van der Waals surface area (Å²) < 4.78 is 21.0. The van der Waals surface area contributed by atoms with Crippen LogP contribution in [-0.4, -0.2) is 22.9 Å². The summed E-state index contributed by atoms with van der Waals surface area (Å²) in [5, 5.41) is 5.26. The van der Waals surface area contributed by atoms with E-state index in [1.54, 1.807) is 6.07 Å². The summed E-state index contributed by atoms with van der Waals surface area (Å²) in [5.74, 6) is 0.220. The van der Waals surface area contributed by atoms with E-state index in [9.17, 15) is 4.39 Å². The fourth-order valence-corrected chi connectivity index (χ4v) is 2.41. The minimum Gasteiger partial charge on any atom is -0.489 e. The summed E-state index contributed by atoms with van der Waals surface area (Å²) in [6.45, 7) is 3.71. The monoisotopic (exact) mass is 235 g/mol. The first-order valence-electron chi connectivity index (χ1n) is 5.74. The Labute approximate surface area is 98.2 Å². The molecule has 0 amide bonds. The molecule has 4 nitrogen and oxygen atoms in total. The Bertz CT molecular complexity index is 579. The van der Waals surface area contributed by atoms with Crippen molar-refractivity contribution in [2.75, 3.05) is 13.2 Å². The van der Waals surface area contributed by atoms with E-state index >= 15 is 0 Å². The van der Waals surface area contributed by atoms with Crippen LogP contribution in [0.15, 0.2) is 12.1 Å². The lowest BCUT2D eigenvalue weighted by molar-refractivity contribution is 0.271. The van der Waals surface area contributed by atoms with Crippen LogP contribution in [0.3, 0.4) is 0 Å². The second-order valence-electron chi connectivity index (χ2n) is 4.38. The second-order valence-corrected chi connectivity index (χ2v) is 4.38. The number of hydrogen-bond acceptors (Lipinski definition) is 3. The number of rotatable bonds is 2. The Morgan fingerprint density at radius 2 is 2.41 bits per heavy atom. The third-order valence-corrected chi connectivity index (χ3v) is 3.14. The van der Waals surface area contributed by atoms with Crippen molar-refractivity contribution in [3.05, 3.63) is 23.6 Å². The number of aromatic nitrogens is 2. The first-order valence-corrected chi connectivity index (χ1v) is 5.74. The third-order valence-electron chi connectivity index (χ3n) is 3.14. The maximum atomic E-state index is 13.7. The quantitative estimate of drug-likeness (QED) is 0.860. The van der Waals surface area contributed by atoms with Crippen molar-refractivity contribution in [3.8, 4) is 5.75 Å². The molecule has 5 heteroatoms. The number of benzene rings is 1.